The van der Waals surface area contributed by atoms with E-state index in [0.29, 0.717) is 65.9 Å². The van der Waals surface area contributed by atoms with Crippen LogP contribution in [-0.4, -0.2) is 43.8 Å². The maximum atomic E-state index is 11.9. The Morgan fingerprint density at radius 1 is 1.19 bits per heavy atom. The minimum atomic E-state index is -0.0733. The maximum absolute atomic E-state index is 11.9. The monoisotopic (exact) mass is 484 g/mol. The largest absolute Gasteiger partial charge is 0.493 e. The number of amides is 1. The summed E-state index contributed by atoms with van der Waals surface area (Å²) in [5.41, 5.74) is 4.67. The highest BCUT2D eigenvalue weighted by Gasteiger charge is 2.26. The van der Waals surface area contributed by atoms with Gasteiger partial charge in [0.15, 0.2) is 11.5 Å². The molecule has 1 heterocycles. The number of rotatable bonds is 9. The summed E-state index contributed by atoms with van der Waals surface area (Å²) in [6.07, 6.45) is 5.10. The van der Waals surface area contributed by atoms with Crippen LogP contribution in [0.5, 0.6) is 11.5 Å². The number of piperidine rings is 1. The molecule has 4 rings (SSSR count). The minimum absolute atomic E-state index is 0.0617. The molecule has 0 aromatic heterocycles. The number of nitrogens with one attached hydrogen (secondary N) is 1. The number of methoxy groups -OCH3 is 1. The number of allylic oxidation sites excluding steroid dienone is 1. The lowest BCUT2D eigenvalue weighted by molar-refractivity contribution is -0.127. The second kappa shape index (κ2) is 11.1. The highest BCUT2D eigenvalue weighted by Crippen LogP contribution is 2.42. The van der Waals surface area contributed by atoms with Gasteiger partial charge in [-0.15, -0.1) is 0 Å². The molecule has 1 aliphatic heterocycles. The van der Waals surface area contributed by atoms with Gasteiger partial charge < -0.3 is 19.7 Å². The highest BCUT2D eigenvalue weighted by molar-refractivity contribution is 5.88. The standard InChI is InChI=1S/C29H32N4O3/c1-5-28(34)33-13-11-23(12-14-33)36-27-16-24(25(31-3)17-26(27)35-4)29(19(2)18-30)32-22-8-6-7-21(15-22)20-9-10-20/h5-8,15-17,20,23,32H,1,3,9-14H2,2,4H3/b29-19-. The van der Waals surface area contributed by atoms with E-state index in [2.05, 4.69) is 41.8 Å². The number of likely N-dealkylation sites (tertiary alicyclic amines) is 1. The number of nitriles is 1. The Morgan fingerprint density at radius 2 is 1.94 bits per heavy atom. The van der Waals surface area contributed by atoms with Crippen LogP contribution < -0.4 is 14.8 Å². The van der Waals surface area contributed by atoms with Crippen LogP contribution in [0.4, 0.5) is 11.4 Å². The molecule has 0 bridgehead atoms. The third-order valence-corrected chi connectivity index (χ3v) is 6.69. The molecule has 7 nitrogen and oxygen atoms in total. The summed E-state index contributed by atoms with van der Waals surface area (Å²) < 4.78 is 12.0. The molecule has 0 atom stereocenters. The quantitative estimate of drug-likeness (QED) is 0.275. The molecular weight excluding hydrogens is 452 g/mol. The van der Waals surface area contributed by atoms with E-state index in [-0.39, 0.29) is 12.0 Å². The number of hydrogen-bond acceptors (Lipinski definition) is 6. The van der Waals surface area contributed by atoms with E-state index in [1.54, 1.807) is 25.0 Å². The predicted molar refractivity (Wildman–Crippen MR) is 143 cm³/mol. The first-order valence-corrected chi connectivity index (χ1v) is 12.2. The van der Waals surface area contributed by atoms with Crippen molar-refractivity contribution in [3.63, 3.8) is 0 Å². The van der Waals surface area contributed by atoms with Gasteiger partial charge in [-0.1, -0.05) is 18.7 Å². The molecule has 1 N–H and O–H groups in total. The lowest BCUT2D eigenvalue weighted by Gasteiger charge is -2.32. The maximum Gasteiger partial charge on any atom is 0.245 e. The van der Waals surface area contributed by atoms with Crippen LogP contribution in [0.1, 0.15) is 49.7 Å². The molecule has 0 radical (unpaired) electrons. The SMILES string of the molecule is C=CC(=O)N1CCC(Oc2cc(/C(Nc3cccc(C4CC4)c3)=C(\C)C#N)c(N=C)cc2OC)CC1. The molecule has 2 fully saturated rings. The number of hydrogen-bond donors (Lipinski definition) is 1. The number of anilines is 1. The average molecular weight is 485 g/mol. The zero-order valence-electron chi connectivity index (χ0n) is 20.9. The second-order valence-corrected chi connectivity index (χ2v) is 9.16. The van der Waals surface area contributed by atoms with Crippen molar-refractivity contribution in [2.45, 2.75) is 44.6 Å². The third kappa shape index (κ3) is 5.60. The van der Waals surface area contributed by atoms with Crippen LogP contribution >= 0.6 is 0 Å². The summed E-state index contributed by atoms with van der Waals surface area (Å²) in [4.78, 5) is 17.9. The molecule has 1 aliphatic carbocycles. The molecule has 0 unspecified atom stereocenters. The smallest absolute Gasteiger partial charge is 0.245 e. The molecular formula is C29H32N4O3. The van der Waals surface area contributed by atoms with Gasteiger partial charge in [0.25, 0.3) is 0 Å². The van der Waals surface area contributed by atoms with E-state index in [4.69, 9.17) is 9.47 Å². The number of carbonyl (C=O) groups is 1. The van der Waals surface area contributed by atoms with Gasteiger partial charge in [-0.05, 0) is 62.2 Å². The van der Waals surface area contributed by atoms with Crippen molar-refractivity contribution in [1.82, 2.24) is 4.90 Å². The van der Waals surface area contributed by atoms with Crippen molar-refractivity contribution in [3.05, 3.63) is 65.8 Å². The first-order chi connectivity index (χ1) is 17.5. The van der Waals surface area contributed by atoms with Crippen LogP contribution in [0.25, 0.3) is 5.70 Å². The fourth-order valence-corrected chi connectivity index (χ4v) is 4.48. The molecule has 186 valence electrons. The van der Waals surface area contributed by atoms with Crippen molar-refractivity contribution in [2.24, 2.45) is 4.99 Å². The first-order valence-electron chi connectivity index (χ1n) is 12.2. The lowest BCUT2D eigenvalue weighted by atomic mass is 10.0. The van der Waals surface area contributed by atoms with Gasteiger partial charge in [0, 0.05) is 43.2 Å². The predicted octanol–water partition coefficient (Wildman–Crippen LogP) is 5.83. The molecule has 7 heteroatoms. The van der Waals surface area contributed by atoms with Crippen molar-refractivity contribution < 1.29 is 14.3 Å². The number of nitrogens with zero attached hydrogens (tertiary/aromatic N) is 3. The summed E-state index contributed by atoms with van der Waals surface area (Å²) in [6.45, 7) is 10.3. The van der Waals surface area contributed by atoms with E-state index >= 15 is 0 Å². The van der Waals surface area contributed by atoms with Gasteiger partial charge in [0.1, 0.15) is 6.10 Å². The van der Waals surface area contributed by atoms with Crippen LogP contribution in [0.15, 0.2) is 59.6 Å². The number of aliphatic imine (C=N–C) groups is 1. The normalized spacial score (nSPS) is 16.4. The van der Waals surface area contributed by atoms with Gasteiger partial charge in [0.2, 0.25) is 5.91 Å². The van der Waals surface area contributed by atoms with Crippen LogP contribution in [-0.2, 0) is 4.79 Å². The number of ether oxygens (including phenoxy) is 2. The molecule has 2 aliphatic rings. The molecule has 36 heavy (non-hydrogen) atoms. The van der Waals surface area contributed by atoms with Gasteiger partial charge in [-0.2, -0.15) is 5.26 Å². The summed E-state index contributed by atoms with van der Waals surface area (Å²) in [5, 5.41) is 13.2. The van der Waals surface area contributed by atoms with Gasteiger partial charge >= 0.3 is 0 Å². The molecule has 2 aromatic carbocycles. The summed E-state index contributed by atoms with van der Waals surface area (Å²) in [6, 6.07) is 14.2. The topological polar surface area (TPSA) is 87.0 Å². The van der Waals surface area contributed by atoms with Crippen molar-refractivity contribution in [1.29, 1.82) is 5.26 Å². The highest BCUT2D eigenvalue weighted by atomic mass is 16.5. The number of benzene rings is 2. The lowest BCUT2D eigenvalue weighted by Crippen LogP contribution is -2.41. The van der Waals surface area contributed by atoms with Gasteiger partial charge in [-0.25, -0.2) is 0 Å². The van der Waals surface area contributed by atoms with Crippen molar-refractivity contribution in [2.75, 3.05) is 25.5 Å². The van der Waals surface area contributed by atoms with Crippen molar-refractivity contribution >= 4 is 29.7 Å². The van der Waals surface area contributed by atoms with Crippen LogP contribution in [0, 0.1) is 11.3 Å². The molecule has 2 aromatic rings. The Kier molecular flexibility index (Phi) is 7.74. The van der Waals surface area contributed by atoms with Gasteiger partial charge in [-0.3, -0.25) is 9.79 Å². The van der Waals surface area contributed by atoms with Gasteiger partial charge in [0.05, 0.1) is 30.1 Å². The Morgan fingerprint density at radius 3 is 2.56 bits per heavy atom. The Hall–Kier alpha value is -4.05. The molecule has 1 saturated heterocycles. The average Bonchev–Trinajstić information content (AvgIpc) is 3.77. The van der Waals surface area contributed by atoms with E-state index in [9.17, 15) is 10.1 Å². The Bertz CT molecular complexity index is 1230. The first kappa shape index (κ1) is 25.1. The van der Waals surface area contributed by atoms with E-state index in [0.717, 1.165) is 5.69 Å². The van der Waals surface area contributed by atoms with Crippen molar-refractivity contribution in [3.8, 4) is 17.6 Å². The second-order valence-electron chi connectivity index (χ2n) is 9.16. The summed E-state index contributed by atoms with van der Waals surface area (Å²) in [7, 11) is 1.58. The third-order valence-electron chi connectivity index (χ3n) is 6.69. The molecule has 1 amide bonds. The fraction of sp³-hybridized carbons (Fsp3) is 0.345. The molecule has 1 saturated carbocycles. The summed E-state index contributed by atoms with van der Waals surface area (Å²) >= 11 is 0. The molecule has 0 spiro atoms. The Labute approximate surface area is 212 Å². The zero-order valence-corrected chi connectivity index (χ0v) is 20.9. The van der Waals surface area contributed by atoms with Crippen LogP contribution in [0.3, 0.4) is 0 Å². The number of carbonyl (C=O) groups excluding carboxylic acids is 1. The van der Waals surface area contributed by atoms with Crippen LogP contribution in [0.2, 0.25) is 0 Å². The fourth-order valence-electron chi connectivity index (χ4n) is 4.48. The van der Waals surface area contributed by atoms with E-state index in [1.165, 1.54) is 24.5 Å². The Balaban J connectivity index is 1.64. The van der Waals surface area contributed by atoms with E-state index in [1.807, 2.05) is 18.2 Å². The summed E-state index contributed by atoms with van der Waals surface area (Å²) in [5.74, 6) is 1.66. The zero-order chi connectivity index (χ0) is 25.7. The minimum Gasteiger partial charge on any atom is -0.493 e. The van der Waals surface area contributed by atoms with E-state index < -0.39 is 0 Å².